The number of amides is 1. The van der Waals surface area contributed by atoms with Crippen LogP contribution in [0.4, 0.5) is 10.1 Å². The van der Waals surface area contributed by atoms with Crippen LogP contribution in [0.5, 0.6) is 0 Å². The Morgan fingerprint density at radius 1 is 0.926 bits per heavy atom. The number of carbonyl (C=O) groups excluding carboxylic acids is 1. The Balaban J connectivity index is 1.99. The molecule has 0 radical (unpaired) electrons. The molecular weight excluding hydrogens is 397 g/mol. The second kappa shape index (κ2) is 8.13. The van der Waals surface area contributed by atoms with Crippen molar-refractivity contribution in [3.05, 3.63) is 54.3 Å². The summed E-state index contributed by atoms with van der Waals surface area (Å²) in [5, 5.41) is 2.45. The molecule has 2 aromatic carbocycles. The number of anilines is 1. The molecule has 0 saturated heterocycles. The number of sulfonamides is 2. The number of carbonyl (C=O) groups is 1. The van der Waals surface area contributed by atoms with Gasteiger partial charge in [0, 0.05) is 19.8 Å². The number of benzene rings is 2. The highest BCUT2D eigenvalue weighted by atomic mass is 32.2. The highest BCUT2D eigenvalue weighted by Gasteiger charge is 2.18. The number of hydrogen-bond acceptors (Lipinski definition) is 5. The van der Waals surface area contributed by atoms with Gasteiger partial charge in [0.2, 0.25) is 26.0 Å². The minimum atomic E-state index is -3.96. The van der Waals surface area contributed by atoms with E-state index in [-0.39, 0.29) is 9.79 Å². The first kappa shape index (κ1) is 21.0. The Hall–Kier alpha value is -2.34. The number of hydrogen-bond donors (Lipinski definition) is 2. The lowest BCUT2D eigenvalue weighted by molar-refractivity contribution is -0.115. The minimum absolute atomic E-state index is 0.0579. The van der Waals surface area contributed by atoms with Gasteiger partial charge in [-0.25, -0.2) is 30.3 Å². The van der Waals surface area contributed by atoms with E-state index < -0.39 is 38.3 Å². The summed E-state index contributed by atoms with van der Waals surface area (Å²) in [7, 11) is -4.74. The van der Waals surface area contributed by atoms with Crippen LogP contribution in [0.3, 0.4) is 0 Å². The van der Waals surface area contributed by atoms with Crippen LogP contribution in [-0.2, 0) is 24.8 Å². The molecule has 2 rings (SSSR count). The summed E-state index contributed by atoms with van der Waals surface area (Å²) in [6.07, 6.45) is 0. The van der Waals surface area contributed by atoms with Crippen LogP contribution in [0.2, 0.25) is 0 Å². The first-order valence-electron chi connectivity index (χ1n) is 7.60. The average Bonchev–Trinajstić information content (AvgIpc) is 2.61. The number of nitrogens with zero attached hydrogens (tertiary/aromatic N) is 1. The van der Waals surface area contributed by atoms with Crippen molar-refractivity contribution in [2.75, 3.05) is 26.0 Å². The molecule has 0 bridgehead atoms. The lowest BCUT2D eigenvalue weighted by Gasteiger charge is -2.12. The van der Waals surface area contributed by atoms with E-state index in [1.54, 1.807) is 0 Å². The molecule has 11 heteroatoms. The number of rotatable bonds is 7. The Kier molecular flexibility index (Phi) is 6.31. The smallest absolute Gasteiger partial charge is 0.242 e. The third kappa shape index (κ3) is 5.32. The Morgan fingerprint density at radius 3 is 1.96 bits per heavy atom. The zero-order valence-corrected chi connectivity index (χ0v) is 16.1. The SMILES string of the molecule is CN(C)S(=O)(=O)c1ccc(NC(=O)CNS(=O)(=O)c2ccc(F)cc2)cc1. The molecule has 0 saturated carbocycles. The third-order valence-corrected chi connectivity index (χ3v) is 6.71. The summed E-state index contributed by atoms with van der Waals surface area (Å²) < 4.78 is 64.0. The van der Waals surface area contributed by atoms with Crippen LogP contribution in [-0.4, -0.2) is 47.7 Å². The van der Waals surface area contributed by atoms with E-state index in [1.165, 1.54) is 38.4 Å². The van der Waals surface area contributed by atoms with Crippen molar-refractivity contribution in [1.82, 2.24) is 9.03 Å². The molecular formula is C16H18FN3O5S2. The molecule has 0 aliphatic carbocycles. The van der Waals surface area contributed by atoms with Gasteiger partial charge in [0.1, 0.15) is 5.82 Å². The third-order valence-electron chi connectivity index (χ3n) is 3.46. The Morgan fingerprint density at radius 2 is 1.44 bits per heavy atom. The lowest BCUT2D eigenvalue weighted by atomic mass is 10.3. The van der Waals surface area contributed by atoms with Crippen LogP contribution < -0.4 is 10.0 Å². The lowest BCUT2D eigenvalue weighted by Crippen LogP contribution is -2.32. The molecule has 0 aliphatic heterocycles. The predicted molar refractivity (Wildman–Crippen MR) is 97.5 cm³/mol. The van der Waals surface area contributed by atoms with Crippen molar-refractivity contribution in [2.45, 2.75) is 9.79 Å². The van der Waals surface area contributed by atoms with Crippen LogP contribution in [0, 0.1) is 5.82 Å². The van der Waals surface area contributed by atoms with Crippen molar-refractivity contribution in [2.24, 2.45) is 0 Å². The summed E-state index contributed by atoms with van der Waals surface area (Å²) >= 11 is 0. The van der Waals surface area contributed by atoms with E-state index in [2.05, 4.69) is 10.0 Å². The Bertz CT molecular complexity index is 1020. The quantitative estimate of drug-likeness (QED) is 0.700. The maximum absolute atomic E-state index is 12.9. The van der Waals surface area contributed by atoms with Crippen molar-refractivity contribution >= 4 is 31.6 Å². The van der Waals surface area contributed by atoms with Gasteiger partial charge in [-0.3, -0.25) is 4.79 Å². The van der Waals surface area contributed by atoms with Crippen molar-refractivity contribution in [1.29, 1.82) is 0 Å². The van der Waals surface area contributed by atoms with Gasteiger partial charge in [-0.1, -0.05) is 0 Å². The standard InChI is InChI=1S/C16H18FN3O5S2/c1-20(2)27(24,25)15-9-5-13(6-10-15)19-16(21)11-18-26(22,23)14-7-3-12(17)4-8-14/h3-10,18H,11H2,1-2H3,(H,19,21). The fourth-order valence-corrected chi connectivity index (χ4v) is 3.87. The van der Waals surface area contributed by atoms with Gasteiger partial charge in [0.15, 0.2) is 0 Å². The molecule has 0 aromatic heterocycles. The first-order valence-corrected chi connectivity index (χ1v) is 10.5. The second-order valence-corrected chi connectivity index (χ2v) is 9.56. The van der Waals surface area contributed by atoms with Crippen LogP contribution in [0.15, 0.2) is 58.3 Å². The van der Waals surface area contributed by atoms with E-state index in [4.69, 9.17) is 0 Å². The number of nitrogens with one attached hydrogen (secondary N) is 2. The molecule has 27 heavy (non-hydrogen) atoms. The fraction of sp³-hybridized carbons (Fsp3) is 0.188. The topological polar surface area (TPSA) is 113 Å². The maximum atomic E-state index is 12.9. The summed E-state index contributed by atoms with van der Waals surface area (Å²) in [5.74, 6) is -1.23. The maximum Gasteiger partial charge on any atom is 0.242 e. The first-order chi connectivity index (χ1) is 12.5. The van der Waals surface area contributed by atoms with E-state index in [0.29, 0.717) is 5.69 Å². The summed E-state index contributed by atoms with van der Waals surface area (Å²) in [6.45, 7) is -0.544. The predicted octanol–water partition coefficient (Wildman–Crippen LogP) is 0.993. The van der Waals surface area contributed by atoms with Gasteiger partial charge < -0.3 is 5.32 Å². The molecule has 2 N–H and O–H groups in total. The minimum Gasteiger partial charge on any atom is -0.325 e. The molecule has 0 aliphatic rings. The van der Waals surface area contributed by atoms with E-state index >= 15 is 0 Å². The zero-order valence-electron chi connectivity index (χ0n) is 14.5. The Labute approximate surface area is 157 Å². The van der Waals surface area contributed by atoms with Crippen molar-refractivity contribution in [3.8, 4) is 0 Å². The monoisotopic (exact) mass is 415 g/mol. The number of halogens is 1. The summed E-state index contributed by atoms with van der Waals surface area (Å²) in [6, 6.07) is 9.60. The fourth-order valence-electron chi connectivity index (χ4n) is 1.98. The average molecular weight is 415 g/mol. The molecule has 2 aromatic rings. The molecule has 8 nitrogen and oxygen atoms in total. The summed E-state index contributed by atoms with van der Waals surface area (Å²) in [5.41, 5.74) is 0.304. The molecule has 0 heterocycles. The van der Waals surface area contributed by atoms with E-state index in [1.807, 2.05) is 0 Å². The van der Waals surface area contributed by atoms with Gasteiger partial charge in [-0.15, -0.1) is 0 Å². The van der Waals surface area contributed by atoms with Gasteiger partial charge in [-0.05, 0) is 48.5 Å². The molecule has 0 fully saturated rings. The normalized spacial score (nSPS) is 12.1. The van der Waals surface area contributed by atoms with Gasteiger partial charge in [-0.2, -0.15) is 0 Å². The highest BCUT2D eigenvalue weighted by molar-refractivity contribution is 7.89. The van der Waals surface area contributed by atoms with Crippen LogP contribution in [0.25, 0.3) is 0 Å². The highest BCUT2D eigenvalue weighted by Crippen LogP contribution is 2.16. The molecule has 0 spiro atoms. The summed E-state index contributed by atoms with van der Waals surface area (Å²) in [4.78, 5) is 11.8. The van der Waals surface area contributed by atoms with Crippen LogP contribution >= 0.6 is 0 Å². The molecule has 146 valence electrons. The van der Waals surface area contributed by atoms with Gasteiger partial charge >= 0.3 is 0 Å². The van der Waals surface area contributed by atoms with E-state index in [0.717, 1.165) is 28.6 Å². The molecule has 1 amide bonds. The van der Waals surface area contributed by atoms with Crippen LogP contribution in [0.1, 0.15) is 0 Å². The van der Waals surface area contributed by atoms with Gasteiger partial charge in [0.25, 0.3) is 0 Å². The van der Waals surface area contributed by atoms with E-state index in [9.17, 15) is 26.0 Å². The zero-order chi connectivity index (χ0) is 20.2. The second-order valence-electron chi connectivity index (χ2n) is 5.64. The molecule has 0 unspecified atom stereocenters. The largest absolute Gasteiger partial charge is 0.325 e. The van der Waals surface area contributed by atoms with Crippen molar-refractivity contribution < 1.29 is 26.0 Å². The molecule has 0 atom stereocenters. The van der Waals surface area contributed by atoms with Gasteiger partial charge in [0.05, 0.1) is 16.3 Å². The van der Waals surface area contributed by atoms with Crippen molar-refractivity contribution in [3.63, 3.8) is 0 Å².